The third kappa shape index (κ3) is 6.22. The fourth-order valence-corrected chi connectivity index (χ4v) is 4.18. The minimum Gasteiger partial charge on any atom is -0.390 e. The highest BCUT2D eigenvalue weighted by molar-refractivity contribution is 5.80. The number of guanidine groups is 1. The minimum atomic E-state index is -0.433. The van der Waals surface area contributed by atoms with Gasteiger partial charge in [0.1, 0.15) is 0 Å². The van der Waals surface area contributed by atoms with Crippen molar-refractivity contribution in [3.05, 3.63) is 35.4 Å². The van der Waals surface area contributed by atoms with Gasteiger partial charge in [-0.25, -0.2) is 0 Å². The average molecular weight is 373 g/mol. The molecule has 3 rings (SSSR count). The third-order valence-corrected chi connectivity index (χ3v) is 5.84. The van der Waals surface area contributed by atoms with Gasteiger partial charge >= 0.3 is 0 Å². The number of nitrogens with one attached hydrogen (secondary N) is 2. The Morgan fingerprint density at radius 1 is 1.22 bits per heavy atom. The van der Waals surface area contributed by atoms with Crippen LogP contribution in [0.1, 0.15) is 50.7 Å². The summed E-state index contributed by atoms with van der Waals surface area (Å²) in [5.74, 6) is 1.69. The summed E-state index contributed by atoms with van der Waals surface area (Å²) in [6.07, 6.45) is 5.63. The first kappa shape index (κ1) is 20.2. The van der Waals surface area contributed by atoms with E-state index in [1.54, 1.807) is 0 Å². The highest BCUT2D eigenvalue weighted by Gasteiger charge is 2.20. The van der Waals surface area contributed by atoms with Crippen LogP contribution in [0.3, 0.4) is 0 Å². The smallest absolute Gasteiger partial charge is 0.191 e. The number of hydrogen-bond donors (Lipinski definition) is 3. The zero-order chi connectivity index (χ0) is 19.1. The Morgan fingerprint density at radius 2 is 1.96 bits per heavy atom. The molecule has 0 saturated heterocycles. The monoisotopic (exact) mass is 372 g/mol. The van der Waals surface area contributed by atoms with Gasteiger partial charge in [-0.3, -0.25) is 9.89 Å². The first-order valence-electron chi connectivity index (χ1n) is 10.7. The highest BCUT2D eigenvalue weighted by Crippen LogP contribution is 2.23. The van der Waals surface area contributed by atoms with Crippen molar-refractivity contribution in [3.63, 3.8) is 0 Å². The van der Waals surface area contributed by atoms with Crippen molar-refractivity contribution < 1.29 is 5.11 Å². The van der Waals surface area contributed by atoms with Crippen molar-refractivity contribution in [2.75, 3.05) is 26.2 Å². The van der Waals surface area contributed by atoms with Gasteiger partial charge < -0.3 is 15.7 Å². The van der Waals surface area contributed by atoms with Crippen molar-refractivity contribution >= 4 is 5.96 Å². The number of rotatable bonds is 6. The number of aliphatic hydroxyl groups is 1. The van der Waals surface area contributed by atoms with Crippen LogP contribution < -0.4 is 10.6 Å². The van der Waals surface area contributed by atoms with Gasteiger partial charge in [-0.15, -0.1) is 0 Å². The fraction of sp³-hybridized carbons (Fsp3) is 0.682. The lowest BCUT2D eigenvalue weighted by molar-refractivity contribution is 0.111. The molecule has 0 bridgehead atoms. The highest BCUT2D eigenvalue weighted by atomic mass is 16.3. The lowest BCUT2D eigenvalue weighted by atomic mass is 9.87. The van der Waals surface area contributed by atoms with Gasteiger partial charge in [0.05, 0.1) is 12.6 Å². The molecule has 3 N–H and O–H groups in total. The van der Waals surface area contributed by atoms with Gasteiger partial charge in [-0.05, 0) is 56.1 Å². The maximum Gasteiger partial charge on any atom is 0.191 e. The molecule has 0 amide bonds. The van der Waals surface area contributed by atoms with Gasteiger partial charge in [0.15, 0.2) is 5.96 Å². The molecule has 5 heteroatoms. The van der Waals surface area contributed by atoms with E-state index in [-0.39, 0.29) is 0 Å². The van der Waals surface area contributed by atoms with Crippen LogP contribution in [0.5, 0.6) is 0 Å². The van der Waals surface area contributed by atoms with E-state index in [2.05, 4.69) is 58.6 Å². The van der Waals surface area contributed by atoms with E-state index in [1.807, 2.05) is 0 Å². The summed E-state index contributed by atoms with van der Waals surface area (Å²) < 4.78 is 0. The molecular weight excluding hydrogens is 336 g/mol. The molecule has 0 spiro atoms. The molecule has 1 aliphatic carbocycles. The Balaban J connectivity index is 1.47. The first-order valence-corrected chi connectivity index (χ1v) is 10.7. The van der Waals surface area contributed by atoms with Crippen LogP contribution in [0.4, 0.5) is 0 Å². The molecule has 1 heterocycles. The lowest BCUT2D eigenvalue weighted by Crippen LogP contribution is -2.45. The number of nitrogens with zero attached hydrogens (tertiary/aromatic N) is 2. The number of fused-ring (bicyclic) bond motifs is 1. The summed E-state index contributed by atoms with van der Waals surface area (Å²) in [7, 11) is 0. The van der Waals surface area contributed by atoms with Gasteiger partial charge in [-0.2, -0.15) is 0 Å². The van der Waals surface area contributed by atoms with E-state index >= 15 is 0 Å². The predicted molar refractivity (Wildman–Crippen MR) is 112 cm³/mol. The number of hydrogen-bond acceptors (Lipinski definition) is 3. The molecule has 1 aliphatic heterocycles. The average Bonchev–Trinajstić information content (AvgIpc) is 2.68. The third-order valence-electron chi connectivity index (χ3n) is 5.84. The molecule has 1 saturated carbocycles. The minimum absolute atomic E-state index is 0.433. The van der Waals surface area contributed by atoms with Gasteiger partial charge in [-0.1, -0.05) is 31.2 Å². The van der Waals surface area contributed by atoms with E-state index in [4.69, 9.17) is 0 Å². The molecule has 1 aromatic carbocycles. The molecule has 1 fully saturated rings. The fourth-order valence-electron chi connectivity index (χ4n) is 4.18. The maximum absolute atomic E-state index is 10.5. The van der Waals surface area contributed by atoms with E-state index in [9.17, 15) is 5.11 Å². The van der Waals surface area contributed by atoms with E-state index in [0.717, 1.165) is 37.9 Å². The van der Waals surface area contributed by atoms with E-state index in [1.165, 1.54) is 36.8 Å². The van der Waals surface area contributed by atoms with E-state index in [0.29, 0.717) is 19.1 Å². The zero-order valence-corrected chi connectivity index (χ0v) is 17.0. The molecule has 1 unspecified atom stereocenters. The molecule has 0 aromatic heterocycles. The second kappa shape index (κ2) is 10.1. The van der Waals surface area contributed by atoms with Crippen LogP contribution in [0.2, 0.25) is 0 Å². The molecule has 1 aromatic rings. The van der Waals surface area contributed by atoms with Crippen molar-refractivity contribution in [2.45, 2.75) is 64.6 Å². The Bertz CT molecular complexity index is 610. The summed E-state index contributed by atoms with van der Waals surface area (Å²) >= 11 is 0. The van der Waals surface area contributed by atoms with Crippen LogP contribution in [0.25, 0.3) is 0 Å². The quantitative estimate of drug-likeness (QED) is 0.531. The van der Waals surface area contributed by atoms with Gasteiger partial charge in [0, 0.05) is 32.2 Å². The van der Waals surface area contributed by atoms with Gasteiger partial charge in [0.2, 0.25) is 0 Å². The molecule has 150 valence electrons. The van der Waals surface area contributed by atoms with E-state index < -0.39 is 6.10 Å². The number of benzene rings is 1. The van der Waals surface area contributed by atoms with Crippen LogP contribution in [0, 0.1) is 5.92 Å². The summed E-state index contributed by atoms with van der Waals surface area (Å²) in [4.78, 5) is 6.99. The second-order valence-electron chi connectivity index (χ2n) is 8.23. The Kier molecular flexibility index (Phi) is 7.53. The number of aliphatic imine (C=N–C) groups is 1. The summed E-state index contributed by atoms with van der Waals surface area (Å²) in [6, 6.07) is 9.14. The van der Waals surface area contributed by atoms with Crippen LogP contribution >= 0.6 is 0 Å². The Morgan fingerprint density at radius 3 is 2.70 bits per heavy atom. The van der Waals surface area contributed by atoms with Crippen molar-refractivity contribution in [2.24, 2.45) is 10.9 Å². The lowest BCUT2D eigenvalue weighted by Gasteiger charge is -2.30. The normalized spacial score (nSPS) is 24.9. The maximum atomic E-state index is 10.5. The second-order valence-corrected chi connectivity index (χ2v) is 8.23. The Hall–Kier alpha value is -1.59. The largest absolute Gasteiger partial charge is 0.390 e. The van der Waals surface area contributed by atoms with Crippen molar-refractivity contribution in [3.8, 4) is 0 Å². The molecule has 27 heavy (non-hydrogen) atoms. The van der Waals surface area contributed by atoms with Crippen LogP contribution in [-0.4, -0.2) is 54.3 Å². The standard InChI is InChI=1S/C22H36N4O/c1-3-23-22(25-20-10-8-17(2)9-11-20)24-14-21(27)16-26-13-12-18-6-4-5-7-19(18)15-26/h4-7,17,20-21,27H,3,8-16H2,1-2H3,(H2,23,24,25). The predicted octanol–water partition coefficient (Wildman–Crippen LogP) is 2.54. The van der Waals surface area contributed by atoms with Crippen molar-refractivity contribution in [1.82, 2.24) is 15.5 Å². The Labute approximate surface area is 164 Å². The first-order chi connectivity index (χ1) is 13.1. The summed E-state index contributed by atoms with van der Waals surface area (Å²) in [5.41, 5.74) is 2.84. The van der Waals surface area contributed by atoms with Crippen LogP contribution in [0.15, 0.2) is 29.3 Å². The molecule has 2 aliphatic rings. The molecular formula is C22H36N4O. The van der Waals surface area contributed by atoms with Crippen molar-refractivity contribution in [1.29, 1.82) is 0 Å². The molecule has 0 radical (unpaired) electrons. The van der Waals surface area contributed by atoms with Crippen LogP contribution in [-0.2, 0) is 13.0 Å². The molecule has 1 atom stereocenters. The number of β-amino-alcohol motifs (C(OH)–C–C–N with tert-alkyl or cyclic N) is 1. The SMILES string of the molecule is CCNC(=NCC(O)CN1CCc2ccccc2C1)NC1CCC(C)CC1. The zero-order valence-electron chi connectivity index (χ0n) is 17.0. The molecule has 5 nitrogen and oxygen atoms in total. The topological polar surface area (TPSA) is 59.9 Å². The summed E-state index contributed by atoms with van der Waals surface area (Å²) in [5, 5.41) is 17.4. The van der Waals surface area contributed by atoms with Gasteiger partial charge in [0.25, 0.3) is 0 Å². The number of aliphatic hydroxyl groups excluding tert-OH is 1. The summed E-state index contributed by atoms with van der Waals surface area (Å²) in [6.45, 7) is 8.32.